The molecule has 4 atom stereocenters. The summed E-state index contributed by atoms with van der Waals surface area (Å²) in [5.41, 5.74) is 3.01. The van der Waals surface area contributed by atoms with Gasteiger partial charge in [-0.2, -0.15) is 0 Å². The average molecular weight is 339 g/mol. The summed E-state index contributed by atoms with van der Waals surface area (Å²) in [6.45, 7) is 2.25. The third kappa shape index (κ3) is 1.91. The molecule has 2 saturated carbocycles. The zero-order chi connectivity index (χ0) is 16.5. The lowest BCUT2D eigenvalue weighted by molar-refractivity contribution is -0.129. The Bertz CT molecular complexity index is 854. The Morgan fingerprint density at radius 3 is 2.88 bits per heavy atom. The summed E-state index contributed by atoms with van der Waals surface area (Å²) in [6.07, 6.45) is 6.54. The van der Waals surface area contributed by atoms with Crippen LogP contribution in [0, 0.1) is 17.3 Å². The molecule has 0 amide bonds. The Morgan fingerprint density at radius 2 is 2.00 bits per heavy atom. The molecule has 1 nitrogen and oxygen atoms in total. The van der Waals surface area contributed by atoms with Crippen LogP contribution >= 0.6 is 11.6 Å². The van der Waals surface area contributed by atoms with Crippen LogP contribution in [0.15, 0.2) is 30.3 Å². The van der Waals surface area contributed by atoms with Gasteiger partial charge in [-0.1, -0.05) is 36.7 Å². The highest BCUT2D eigenvalue weighted by atomic mass is 35.5. The SMILES string of the molecule is C[C@]12CC[C@@H]3c4cc5cccc(Cl)c5cc4CC[C@H]3[C@@H]1CCC2=O. The first-order valence-corrected chi connectivity index (χ1v) is 9.70. The molecule has 0 saturated heterocycles. The summed E-state index contributed by atoms with van der Waals surface area (Å²) in [7, 11) is 0. The lowest BCUT2D eigenvalue weighted by Gasteiger charge is -2.48. The highest BCUT2D eigenvalue weighted by Gasteiger charge is 2.54. The molecular weight excluding hydrogens is 316 g/mol. The standard InChI is InChI=1S/C22H23ClO/c1-22-10-9-15-16(19(22)7-8-21(22)24)6-5-14-12-18-13(11-17(14)15)3-2-4-20(18)23/h2-4,11-12,15-16,19H,5-10H2,1H3/t15-,16+,19-,22-/m0/s1. The lowest BCUT2D eigenvalue weighted by Crippen LogP contribution is -2.42. The third-order valence-corrected chi connectivity index (χ3v) is 7.71. The Labute approximate surface area is 148 Å². The molecule has 0 aliphatic heterocycles. The van der Waals surface area contributed by atoms with Gasteiger partial charge in [-0.3, -0.25) is 4.79 Å². The first kappa shape index (κ1) is 15.0. The number of carbonyl (C=O) groups excluding carboxylic acids is 1. The quantitative estimate of drug-likeness (QED) is 0.582. The fourth-order valence-corrected chi connectivity index (χ4v) is 6.32. The second kappa shape index (κ2) is 5.08. The molecule has 24 heavy (non-hydrogen) atoms. The van der Waals surface area contributed by atoms with Gasteiger partial charge in [0.1, 0.15) is 5.78 Å². The van der Waals surface area contributed by atoms with Gasteiger partial charge >= 0.3 is 0 Å². The zero-order valence-corrected chi connectivity index (χ0v) is 14.9. The van der Waals surface area contributed by atoms with Crippen LogP contribution in [-0.4, -0.2) is 5.78 Å². The highest BCUT2D eigenvalue weighted by molar-refractivity contribution is 6.35. The lowest BCUT2D eigenvalue weighted by atomic mass is 9.55. The summed E-state index contributed by atoms with van der Waals surface area (Å²) in [4.78, 5) is 12.4. The molecule has 0 heterocycles. The van der Waals surface area contributed by atoms with Crippen LogP contribution < -0.4 is 0 Å². The number of hydrogen-bond donors (Lipinski definition) is 0. The van der Waals surface area contributed by atoms with Gasteiger partial charge in [-0.15, -0.1) is 0 Å². The minimum atomic E-state index is -0.0289. The minimum absolute atomic E-state index is 0.0289. The fraction of sp³-hybridized carbons (Fsp3) is 0.500. The number of carbonyl (C=O) groups is 1. The van der Waals surface area contributed by atoms with Gasteiger partial charge < -0.3 is 0 Å². The van der Waals surface area contributed by atoms with Crippen LogP contribution in [-0.2, 0) is 11.2 Å². The molecule has 124 valence electrons. The number of hydrogen-bond acceptors (Lipinski definition) is 1. The van der Waals surface area contributed by atoms with Gasteiger partial charge in [-0.05, 0) is 78.5 Å². The molecule has 0 radical (unpaired) electrons. The third-order valence-electron chi connectivity index (χ3n) is 7.38. The largest absolute Gasteiger partial charge is 0.299 e. The molecule has 0 N–H and O–H groups in total. The Balaban J connectivity index is 1.61. The summed E-state index contributed by atoms with van der Waals surface area (Å²) in [5, 5.41) is 3.31. The summed E-state index contributed by atoms with van der Waals surface area (Å²) in [5.74, 6) is 2.47. The van der Waals surface area contributed by atoms with Crippen molar-refractivity contribution >= 4 is 28.2 Å². The number of rotatable bonds is 0. The normalized spacial score (nSPS) is 34.8. The number of aryl methyl sites for hydroxylation is 1. The van der Waals surface area contributed by atoms with E-state index in [1.54, 1.807) is 5.56 Å². The molecule has 2 aromatic carbocycles. The van der Waals surface area contributed by atoms with Crippen LogP contribution in [0.4, 0.5) is 0 Å². The molecule has 0 spiro atoms. The van der Waals surface area contributed by atoms with E-state index < -0.39 is 0 Å². The van der Waals surface area contributed by atoms with E-state index in [9.17, 15) is 4.79 Å². The van der Waals surface area contributed by atoms with Crippen molar-refractivity contribution in [3.05, 3.63) is 46.5 Å². The number of Topliss-reactive ketones (excluding diaryl/α,β-unsaturated/α-hetero) is 1. The van der Waals surface area contributed by atoms with Gasteiger partial charge in [0.05, 0.1) is 0 Å². The number of halogens is 1. The number of fused-ring (bicyclic) bond motifs is 6. The Morgan fingerprint density at radius 1 is 1.12 bits per heavy atom. The van der Waals surface area contributed by atoms with E-state index in [1.807, 2.05) is 12.1 Å². The number of ketones is 1. The minimum Gasteiger partial charge on any atom is -0.299 e. The molecule has 0 aromatic heterocycles. The molecule has 3 aliphatic rings. The van der Waals surface area contributed by atoms with Gasteiger partial charge in [-0.25, -0.2) is 0 Å². The predicted molar refractivity (Wildman–Crippen MR) is 98.6 cm³/mol. The van der Waals surface area contributed by atoms with Crippen LogP contribution in [0.5, 0.6) is 0 Å². The highest BCUT2D eigenvalue weighted by Crippen LogP contribution is 2.59. The smallest absolute Gasteiger partial charge is 0.139 e. The van der Waals surface area contributed by atoms with Crippen LogP contribution in [0.3, 0.4) is 0 Å². The summed E-state index contributed by atoms with van der Waals surface area (Å²) < 4.78 is 0. The van der Waals surface area contributed by atoms with Crippen LogP contribution in [0.1, 0.15) is 56.1 Å². The van der Waals surface area contributed by atoms with Crippen molar-refractivity contribution in [2.24, 2.45) is 17.3 Å². The maximum atomic E-state index is 12.4. The monoisotopic (exact) mass is 338 g/mol. The van der Waals surface area contributed by atoms with Crippen molar-refractivity contribution in [2.45, 2.75) is 51.4 Å². The van der Waals surface area contributed by atoms with E-state index in [0.29, 0.717) is 23.5 Å². The first-order valence-electron chi connectivity index (χ1n) is 9.32. The van der Waals surface area contributed by atoms with Gasteiger partial charge in [0.25, 0.3) is 0 Å². The van der Waals surface area contributed by atoms with Crippen molar-refractivity contribution in [2.75, 3.05) is 0 Å². The van der Waals surface area contributed by atoms with Crippen LogP contribution in [0.2, 0.25) is 5.02 Å². The van der Waals surface area contributed by atoms with E-state index in [0.717, 1.165) is 30.7 Å². The number of benzene rings is 2. The molecular formula is C22H23ClO. The van der Waals surface area contributed by atoms with E-state index in [-0.39, 0.29) is 5.41 Å². The molecule has 0 unspecified atom stereocenters. The zero-order valence-electron chi connectivity index (χ0n) is 14.1. The molecule has 3 aliphatic carbocycles. The Hall–Kier alpha value is -1.34. The van der Waals surface area contributed by atoms with Crippen molar-refractivity contribution in [1.82, 2.24) is 0 Å². The second-order valence-electron chi connectivity index (χ2n) is 8.35. The molecule has 5 rings (SSSR count). The van der Waals surface area contributed by atoms with Crippen molar-refractivity contribution in [1.29, 1.82) is 0 Å². The summed E-state index contributed by atoms with van der Waals surface area (Å²) in [6, 6.07) is 10.9. The van der Waals surface area contributed by atoms with Gasteiger partial charge in [0, 0.05) is 22.2 Å². The maximum Gasteiger partial charge on any atom is 0.139 e. The predicted octanol–water partition coefficient (Wildman–Crippen LogP) is 5.92. The van der Waals surface area contributed by atoms with Gasteiger partial charge in [0.2, 0.25) is 0 Å². The molecule has 2 fully saturated rings. The van der Waals surface area contributed by atoms with Gasteiger partial charge in [0.15, 0.2) is 0 Å². The molecule has 0 bridgehead atoms. The summed E-state index contributed by atoms with van der Waals surface area (Å²) >= 11 is 6.41. The molecule has 2 aromatic rings. The fourth-order valence-electron chi connectivity index (χ4n) is 6.08. The molecule has 2 heteroatoms. The maximum absolute atomic E-state index is 12.4. The van der Waals surface area contributed by atoms with Crippen LogP contribution in [0.25, 0.3) is 10.8 Å². The van der Waals surface area contributed by atoms with Crippen molar-refractivity contribution < 1.29 is 4.79 Å². The van der Waals surface area contributed by atoms with Crippen molar-refractivity contribution in [3.63, 3.8) is 0 Å². The second-order valence-corrected chi connectivity index (χ2v) is 8.75. The van der Waals surface area contributed by atoms with E-state index >= 15 is 0 Å². The first-order chi connectivity index (χ1) is 11.6. The van der Waals surface area contributed by atoms with E-state index in [4.69, 9.17) is 11.6 Å². The Kier molecular flexibility index (Phi) is 3.17. The van der Waals surface area contributed by atoms with E-state index in [2.05, 4.69) is 25.1 Å². The van der Waals surface area contributed by atoms with Crippen molar-refractivity contribution in [3.8, 4) is 0 Å². The van der Waals surface area contributed by atoms with E-state index in [1.165, 1.54) is 29.2 Å². The average Bonchev–Trinajstić information content (AvgIpc) is 2.89. The topological polar surface area (TPSA) is 17.1 Å².